The third-order valence-electron chi connectivity index (χ3n) is 1.95. The topological polar surface area (TPSA) is 49.7 Å². The van der Waals surface area contributed by atoms with Crippen LogP contribution in [0.5, 0.6) is 5.75 Å². The van der Waals surface area contributed by atoms with E-state index >= 15 is 0 Å². The smallest absolute Gasteiger partial charge is 0.123 e. The molecule has 0 fully saturated rings. The number of nitroso groups, excluding NO2 is 1. The summed E-state index contributed by atoms with van der Waals surface area (Å²) >= 11 is 0. The zero-order valence-corrected chi connectivity index (χ0v) is 6.77. The summed E-state index contributed by atoms with van der Waals surface area (Å²) < 4.78 is 0. The molecule has 0 radical (unpaired) electrons. The van der Waals surface area contributed by atoms with Gasteiger partial charge in [-0.15, -0.1) is 4.91 Å². The molecule has 3 heteroatoms. The number of hydrogen-bond donors (Lipinski definition) is 1. The molecule has 2 rings (SSSR count). The molecule has 0 aliphatic heterocycles. The summed E-state index contributed by atoms with van der Waals surface area (Å²) in [5.41, 5.74) is 0.373. The summed E-state index contributed by atoms with van der Waals surface area (Å²) in [6, 6.07) is 10.1. The van der Waals surface area contributed by atoms with Crippen LogP contribution in [0.1, 0.15) is 0 Å². The Kier molecular flexibility index (Phi) is 1.70. The highest BCUT2D eigenvalue weighted by Gasteiger charge is 1.99. The molecule has 13 heavy (non-hydrogen) atoms. The largest absolute Gasteiger partial charge is 0.507 e. The minimum absolute atomic E-state index is 0.218. The monoisotopic (exact) mass is 173 g/mol. The van der Waals surface area contributed by atoms with Crippen LogP contribution in [0.3, 0.4) is 0 Å². The number of nitrogens with zero attached hydrogens (tertiary/aromatic N) is 1. The minimum atomic E-state index is 0.218. The van der Waals surface area contributed by atoms with Crippen molar-refractivity contribution in [2.24, 2.45) is 5.18 Å². The highest BCUT2D eigenvalue weighted by molar-refractivity contribution is 5.90. The molecule has 0 aliphatic rings. The molecule has 3 nitrogen and oxygen atoms in total. The standard InChI is InChI=1S/C10H7NO2/c12-10-3-1-2-7-6-8(11-13)4-5-9(7)10/h1-6,12H. The molecule has 0 saturated carbocycles. The maximum atomic E-state index is 10.2. The number of phenols is 1. The maximum absolute atomic E-state index is 10.2. The molecule has 2 aromatic carbocycles. The fourth-order valence-corrected chi connectivity index (χ4v) is 1.31. The van der Waals surface area contributed by atoms with Crippen LogP contribution in [0.25, 0.3) is 10.8 Å². The first kappa shape index (κ1) is 7.73. The van der Waals surface area contributed by atoms with Crippen LogP contribution in [-0.2, 0) is 0 Å². The Morgan fingerprint density at radius 3 is 2.77 bits per heavy atom. The highest BCUT2D eigenvalue weighted by atomic mass is 16.3. The van der Waals surface area contributed by atoms with Crippen LogP contribution in [0.4, 0.5) is 5.69 Å². The van der Waals surface area contributed by atoms with Crippen molar-refractivity contribution in [3.63, 3.8) is 0 Å². The van der Waals surface area contributed by atoms with Gasteiger partial charge in [-0.05, 0) is 34.8 Å². The van der Waals surface area contributed by atoms with Crippen molar-refractivity contribution in [2.75, 3.05) is 0 Å². The van der Waals surface area contributed by atoms with E-state index in [1.165, 1.54) is 0 Å². The van der Waals surface area contributed by atoms with Crippen LogP contribution in [-0.4, -0.2) is 5.11 Å². The number of benzene rings is 2. The maximum Gasteiger partial charge on any atom is 0.123 e. The van der Waals surface area contributed by atoms with Gasteiger partial charge in [0.25, 0.3) is 0 Å². The fraction of sp³-hybridized carbons (Fsp3) is 0. The lowest BCUT2D eigenvalue weighted by Crippen LogP contribution is -1.72. The number of fused-ring (bicyclic) bond motifs is 1. The van der Waals surface area contributed by atoms with Gasteiger partial charge in [0.2, 0.25) is 0 Å². The molecule has 0 atom stereocenters. The lowest BCUT2D eigenvalue weighted by molar-refractivity contribution is 0.481. The van der Waals surface area contributed by atoms with Crippen molar-refractivity contribution in [3.8, 4) is 5.75 Å². The van der Waals surface area contributed by atoms with Crippen molar-refractivity contribution < 1.29 is 5.11 Å². The van der Waals surface area contributed by atoms with Crippen molar-refractivity contribution in [3.05, 3.63) is 41.3 Å². The Balaban J connectivity index is 2.79. The van der Waals surface area contributed by atoms with Crippen LogP contribution in [0, 0.1) is 4.91 Å². The van der Waals surface area contributed by atoms with Crippen molar-refractivity contribution >= 4 is 16.5 Å². The second-order valence-corrected chi connectivity index (χ2v) is 2.77. The van der Waals surface area contributed by atoms with E-state index in [-0.39, 0.29) is 5.75 Å². The first-order valence-electron chi connectivity index (χ1n) is 3.86. The van der Waals surface area contributed by atoms with E-state index in [0.717, 1.165) is 10.8 Å². The molecule has 0 saturated heterocycles. The number of aromatic hydroxyl groups is 1. The van der Waals surface area contributed by atoms with Gasteiger partial charge in [0.1, 0.15) is 11.4 Å². The fourth-order valence-electron chi connectivity index (χ4n) is 1.31. The van der Waals surface area contributed by atoms with Crippen molar-refractivity contribution in [1.82, 2.24) is 0 Å². The molecule has 0 unspecified atom stereocenters. The van der Waals surface area contributed by atoms with Gasteiger partial charge in [0, 0.05) is 5.39 Å². The lowest BCUT2D eigenvalue weighted by atomic mass is 10.1. The van der Waals surface area contributed by atoms with Gasteiger partial charge >= 0.3 is 0 Å². The molecular weight excluding hydrogens is 166 g/mol. The molecule has 0 aromatic heterocycles. The second kappa shape index (κ2) is 2.86. The predicted molar refractivity (Wildman–Crippen MR) is 51.1 cm³/mol. The van der Waals surface area contributed by atoms with E-state index in [2.05, 4.69) is 5.18 Å². The van der Waals surface area contributed by atoms with E-state index in [9.17, 15) is 10.0 Å². The average Bonchev–Trinajstić information content (AvgIpc) is 2.18. The molecule has 64 valence electrons. The molecule has 0 amide bonds. The molecule has 0 aliphatic carbocycles. The summed E-state index contributed by atoms with van der Waals surface area (Å²) in [7, 11) is 0. The molecule has 2 aromatic rings. The third-order valence-corrected chi connectivity index (χ3v) is 1.95. The van der Waals surface area contributed by atoms with E-state index in [0.29, 0.717) is 5.69 Å². The Morgan fingerprint density at radius 1 is 1.15 bits per heavy atom. The van der Waals surface area contributed by atoms with Crippen LogP contribution >= 0.6 is 0 Å². The number of hydrogen-bond acceptors (Lipinski definition) is 3. The van der Waals surface area contributed by atoms with Crippen molar-refractivity contribution in [1.29, 1.82) is 0 Å². The molecule has 0 bridgehead atoms. The summed E-state index contributed by atoms with van der Waals surface area (Å²) in [5, 5.41) is 13.8. The molecule has 1 N–H and O–H groups in total. The van der Waals surface area contributed by atoms with Gasteiger partial charge < -0.3 is 5.11 Å². The average molecular weight is 173 g/mol. The SMILES string of the molecule is O=Nc1ccc2c(O)cccc2c1. The summed E-state index contributed by atoms with van der Waals surface area (Å²) in [4.78, 5) is 10.2. The Morgan fingerprint density at radius 2 is 2.00 bits per heavy atom. The summed E-state index contributed by atoms with van der Waals surface area (Å²) in [6.07, 6.45) is 0. The van der Waals surface area contributed by atoms with Crippen LogP contribution in [0.15, 0.2) is 41.6 Å². The van der Waals surface area contributed by atoms with E-state index in [1.54, 1.807) is 30.3 Å². The Labute approximate surface area is 74.6 Å². The van der Waals surface area contributed by atoms with E-state index in [1.807, 2.05) is 6.07 Å². The highest BCUT2D eigenvalue weighted by Crippen LogP contribution is 2.27. The molecule has 0 spiro atoms. The van der Waals surface area contributed by atoms with E-state index in [4.69, 9.17) is 0 Å². The van der Waals surface area contributed by atoms with Crippen LogP contribution < -0.4 is 0 Å². The lowest BCUT2D eigenvalue weighted by Gasteiger charge is -1.99. The van der Waals surface area contributed by atoms with Gasteiger partial charge in [-0.25, -0.2) is 0 Å². The van der Waals surface area contributed by atoms with Gasteiger partial charge in [-0.2, -0.15) is 0 Å². The van der Waals surface area contributed by atoms with Gasteiger partial charge in [0.15, 0.2) is 0 Å². The molecule has 0 heterocycles. The van der Waals surface area contributed by atoms with Gasteiger partial charge in [-0.1, -0.05) is 12.1 Å². The predicted octanol–water partition coefficient (Wildman–Crippen LogP) is 2.94. The third kappa shape index (κ3) is 1.24. The van der Waals surface area contributed by atoms with Gasteiger partial charge in [0.05, 0.1) is 0 Å². The summed E-state index contributed by atoms with van der Waals surface area (Å²) in [5.74, 6) is 0.218. The van der Waals surface area contributed by atoms with Crippen molar-refractivity contribution in [2.45, 2.75) is 0 Å². The van der Waals surface area contributed by atoms with E-state index < -0.39 is 0 Å². The Hall–Kier alpha value is -1.90. The van der Waals surface area contributed by atoms with Gasteiger partial charge in [-0.3, -0.25) is 0 Å². The quantitative estimate of drug-likeness (QED) is 0.674. The van der Waals surface area contributed by atoms with Crippen LogP contribution in [0.2, 0.25) is 0 Å². The number of rotatable bonds is 1. The summed E-state index contributed by atoms with van der Waals surface area (Å²) in [6.45, 7) is 0. The Bertz CT molecular complexity index is 465. The normalized spacial score (nSPS) is 10.2. The minimum Gasteiger partial charge on any atom is -0.507 e. The number of phenolic OH excluding ortho intramolecular Hbond substituents is 1. The zero-order valence-electron chi connectivity index (χ0n) is 6.77. The first-order valence-corrected chi connectivity index (χ1v) is 3.86. The zero-order chi connectivity index (χ0) is 9.26. The second-order valence-electron chi connectivity index (χ2n) is 2.77. The molecular formula is C10H7NO2. The first-order chi connectivity index (χ1) is 6.31.